The third kappa shape index (κ3) is 19.1. The maximum atomic E-state index is 12.4. The van der Waals surface area contributed by atoms with Crippen LogP contribution in [0.5, 0.6) is 5.75 Å². The van der Waals surface area contributed by atoms with Gasteiger partial charge in [0.1, 0.15) is 11.5 Å². The summed E-state index contributed by atoms with van der Waals surface area (Å²) in [6, 6.07) is 18.5. The number of allylic oxidation sites excluding steroid dienone is 7. The van der Waals surface area contributed by atoms with Crippen LogP contribution in [0.1, 0.15) is 103 Å². The van der Waals surface area contributed by atoms with E-state index in [0.29, 0.717) is 54.0 Å². The first-order valence-electron chi connectivity index (χ1n) is 22.7. The summed E-state index contributed by atoms with van der Waals surface area (Å²) in [6.45, 7) is 3.39. The molecule has 0 saturated heterocycles. The molecule has 73 heavy (non-hydrogen) atoms. The third-order valence-electron chi connectivity index (χ3n) is 10.9. The van der Waals surface area contributed by atoms with Crippen LogP contribution in [-0.4, -0.2) is 56.4 Å². The Bertz CT molecular complexity index is 2810. The summed E-state index contributed by atoms with van der Waals surface area (Å²) in [5, 5.41) is 15.4. The second-order valence-corrected chi connectivity index (χ2v) is 17.4. The zero-order valence-corrected chi connectivity index (χ0v) is 42.9. The van der Waals surface area contributed by atoms with E-state index in [1.54, 1.807) is 41.9 Å². The maximum Gasteiger partial charge on any atom is 2.00 e. The first-order chi connectivity index (χ1) is 34.9. The van der Waals surface area contributed by atoms with Crippen LogP contribution in [0.4, 0.5) is 13.2 Å². The number of nitrogens with one attached hydrogen (secondary N) is 2. The minimum atomic E-state index is -4.77. The number of ether oxygens (including phenoxy) is 3. The average molecular weight is 1120 g/mol. The van der Waals surface area contributed by atoms with Gasteiger partial charge >= 0.3 is 25.7 Å². The molecule has 5 heterocycles. The summed E-state index contributed by atoms with van der Waals surface area (Å²) in [5.74, 6) is 0.320. The molecule has 0 bridgehead atoms. The van der Waals surface area contributed by atoms with E-state index in [-0.39, 0.29) is 25.2 Å². The molecule has 0 aliphatic heterocycles. The van der Waals surface area contributed by atoms with Crippen molar-refractivity contribution in [2.24, 2.45) is 0 Å². The first kappa shape index (κ1) is 58.4. The Kier molecular flexibility index (Phi) is 24.5. The molecule has 13 nitrogen and oxygen atoms in total. The van der Waals surface area contributed by atoms with Crippen molar-refractivity contribution < 1.29 is 61.2 Å². The van der Waals surface area contributed by atoms with Gasteiger partial charge in [-0.3, -0.25) is 34.7 Å². The van der Waals surface area contributed by atoms with Crippen LogP contribution in [0.2, 0.25) is 0 Å². The Hall–Kier alpha value is -7.17. The molecular weight excluding hydrogens is 1060 g/mol. The predicted octanol–water partition coefficient (Wildman–Crippen LogP) is 14.1. The molecule has 2 N–H and O–H groups in total. The normalized spacial score (nSPS) is 14.4. The number of pyridine rings is 4. The van der Waals surface area contributed by atoms with Gasteiger partial charge in [0.05, 0.1) is 35.3 Å². The molecule has 0 saturated carbocycles. The number of thiophene rings is 1. The number of carbonyl (C=O) groups is 3. The van der Waals surface area contributed by atoms with Crippen LogP contribution < -0.4 is 4.74 Å². The number of aryl methyl sites for hydroxylation is 1. The fourth-order valence-electron chi connectivity index (χ4n) is 7.53. The fraction of sp³-hybridized carbons (Fsp3) is 0.241. The Balaban J connectivity index is 0.000000316. The van der Waals surface area contributed by atoms with Crippen LogP contribution in [0.15, 0.2) is 121 Å². The number of hydrogen-bond acceptors (Lipinski definition) is 13. The number of unbranched alkanes of at least 4 members (excludes halogenated alkanes) is 3. The number of aromatic nitrogens is 4. The quantitative estimate of drug-likeness (QED) is 0.0206. The minimum Gasteiger partial charge on any atom is -0.753 e. The van der Waals surface area contributed by atoms with Gasteiger partial charge in [0.2, 0.25) is 0 Å². The van der Waals surface area contributed by atoms with Gasteiger partial charge in [-0.1, -0.05) is 56.6 Å². The topological polar surface area (TPSA) is 200 Å². The molecule has 5 aromatic heterocycles. The van der Waals surface area contributed by atoms with Crippen molar-refractivity contribution in [3.05, 3.63) is 164 Å². The third-order valence-corrected chi connectivity index (χ3v) is 12.0. The Morgan fingerprint density at radius 3 is 1.89 bits per heavy atom. The van der Waals surface area contributed by atoms with Crippen LogP contribution in [0.3, 0.4) is 0 Å². The molecule has 0 spiro atoms. The van der Waals surface area contributed by atoms with Gasteiger partial charge in [0.25, 0.3) is 19.4 Å². The number of thiocarbonyl (C=S) groups is 1. The Labute approximate surface area is 443 Å². The molecule has 378 valence electrons. The summed E-state index contributed by atoms with van der Waals surface area (Å²) < 4.78 is 52.2. The first-order valence-corrected chi connectivity index (χ1v) is 24.0. The standard InChI is InChI=1S/C32H27N3O6.C21H23F3N3S.CNS.Ru/c36-19-39-17-22-3-1-5-24(11-22)26-7-9-33-29(13-26)31-15-28(41-21-38)16-32(35-31)30-14-27(8-10-34-30)25-6-2-4-23(12-25)18-40-20-37;1-2-3-4-5-6-16-9-10-17(28-16)8-7-15-11-12-27-19(13-15)18(25)14-20(26)21(22,23)24;2-1-3;/h7-21H,1-6H2;7-14,25-26H,2-6H2,1H3;;/q;2*-1;+2/b22-17+,23-18+;8-7+,18-14-,26-20?;;. The van der Waals surface area contributed by atoms with E-state index in [9.17, 15) is 27.6 Å². The second-order valence-electron chi connectivity index (χ2n) is 16.0. The van der Waals surface area contributed by atoms with Crippen LogP contribution >= 0.6 is 23.6 Å². The number of nitrogens with zero attached hydrogens (tertiary/aromatic N) is 5. The molecule has 0 atom stereocenters. The Morgan fingerprint density at radius 1 is 0.781 bits per heavy atom. The largest absolute Gasteiger partial charge is 2.00 e. The number of alkyl halides is 3. The number of halogens is 3. The summed E-state index contributed by atoms with van der Waals surface area (Å²) in [4.78, 5) is 52.7. The van der Waals surface area contributed by atoms with E-state index in [0.717, 1.165) is 88.8 Å². The SMILES string of the molecule is CCCCCCc1ccc(/C=C/c2ccnc(/C([NH-])=C/C(=N)C(F)(F)F)c2)s1.O=CO/C=C1/C=C(c2ccnc(-c3cc(OC=O)cc(-c4cc(C5=C/C(=C/OC=O)CCC5)ccn4)n3)c2)CCC1.[N-]=C=S.[Ru+2]. The predicted molar refractivity (Wildman–Crippen MR) is 279 cm³/mol. The number of carbonyl (C=O) groups excluding carboxylic acids is 3. The van der Waals surface area contributed by atoms with Gasteiger partial charge in [-0.15, -0.1) is 17.0 Å². The number of isothiocyanates is 1. The van der Waals surface area contributed by atoms with Crippen molar-refractivity contribution >= 4 is 82.8 Å². The second kappa shape index (κ2) is 30.7. The van der Waals surface area contributed by atoms with Crippen molar-refractivity contribution in [2.75, 3.05) is 0 Å². The average Bonchev–Trinajstić information content (AvgIpc) is 3.86. The molecule has 19 heteroatoms. The molecule has 0 unspecified atom stereocenters. The van der Waals surface area contributed by atoms with Gasteiger partial charge < -0.3 is 25.4 Å². The molecule has 5 aromatic rings. The molecule has 0 amide bonds. The summed E-state index contributed by atoms with van der Waals surface area (Å²) in [5.41, 5.74) is 14.9. The maximum absolute atomic E-state index is 12.4. The molecule has 2 aliphatic rings. The van der Waals surface area contributed by atoms with Gasteiger partial charge in [-0.2, -0.15) is 18.3 Å². The van der Waals surface area contributed by atoms with E-state index in [4.69, 9.17) is 35.7 Å². The van der Waals surface area contributed by atoms with E-state index >= 15 is 0 Å². The summed E-state index contributed by atoms with van der Waals surface area (Å²) in [7, 11) is 0. The molecule has 0 fully saturated rings. The molecule has 0 aromatic carbocycles. The molecular formula is C54H50F3N7O6RuS2. The van der Waals surface area contributed by atoms with E-state index in [1.807, 2.05) is 48.6 Å². The van der Waals surface area contributed by atoms with Gasteiger partial charge in [0, 0.05) is 46.2 Å². The van der Waals surface area contributed by atoms with Gasteiger partial charge in [0.15, 0.2) is 0 Å². The molecule has 2 aliphatic carbocycles. The zero-order chi connectivity index (χ0) is 51.7. The number of hydrogen-bond donors (Lipinski definition) is 1. The van der Waals surface area contributed by atoms with Crippen molar-refractivity contribution in [2.45, 2.75) is 83.7 Å². The van der Waals surface area contributed by atoms with Crippen molar-refractivity contribution in [1.82, 2.24) is 19.9 Å². The van der Waals surface area contributed by atoms with Gasteiger partial charge in [-0.05, 0) is 151 Å². The number of rotatable bonds is 19. The zero-order valence-electron chi connectivity index (χ0n) is 39.5. The fourth-order valence-corrected chi connectivity index (χ4v) is 8.48. The van der Waals surface area contributed by atoms with Gasteiger partial charge in [-0.25, -0.2) is 4.98 Å². The monoisotopic (exact) mass is 1120 g/mol. The van der Waals surface area contributed by atoms with E-state index < -0.39 is 17.6 Å². The van der Waals surface area contributed by atoms with E-state index in [1.165, 1.54) is 60.5 Å². The van der Waals surface area contributed by atoms with Crippen LogP contribution in [0, 0.1) is 5.41 Å². The smallest absolute Gasteiger partial charge is 0.753 e. The van der Waals surface area contributed by atoms with Crippen LogP contribution in [0.25, 0.3) is 62.9 Å². The summed E-state index contributed by atoms with van der Waals surface area (Å²) in [6.07, 6.45) is 22.7. The van der Waals surface area contributed by atoms with E-state index in [2.05, 4.69) is 46.2 Å². The van der Waals surface area contributed by atoms with Crippen molar-refractivity contribution in [3.63, 3.8) is 0 Å². The molecule has 0 radical (unpaired) electrons. The summed E-state index contributed by atoms with van der Waals surface area (Å²) >= 11 is 5.43. The van der Waals surface area contributed by atoms with Crippen molar-refractivity contribution in [1.29, 1.82) is 5.41 Å². The minimum absolute atomic E-state index is 0. The molecule has 7 rings (SSSR count). The Morgan fingerprint density at radius 2 is 1.36 bits per heavy atom. The van der Waals surface area contributed by atoms with Crippen LogP contribution in [-0.2, 0) is 49.8 Å². The van der Waals surface area contributed by atoms with Crippen molar-refractivity contribution in [3.8, 4) is 28.5 Å².